The number of phenols is 1. The maximum absolute atomic E-state index is 13.4. The van der Waals surface area contributed by atoms with Crippen molar-refractivity contribution in [2.45, 2.75) is 56.3 Å². The largest absolute Gasteiger partial charge is 0.508 e. The minimum atomic E-state index is -1.45. The van der Waals surface area contributed by atoms with Gasteiger partial charge in [-0.05, 0) is 24.1 Å². The van der Waals surface area contributed by atoms with E-state index >= 15 is 0 Å². The zero-order valence-corrected chi connectivity index (χ0v) is 22.3. The topological polar surface area (TPSA) is 266 Å². The zero-order chi connectivity index (χ0) is 30.6. The van der Waals surface area contributed by atoms with Crippen molar-refractivity contribution in [3.63, 3.8) is 0 Å². The smallest absolute Gasteiger partial charge is 0.326 e. The highest BCUT2D eigenvalue weighted by molar-refractivity contribution is 5.94. The van der Waals surface area contributed by atoms with Gasteiger partial charge in [0.2, 0.25) is 17.7 Å². The van der Waals surface area contributed by atoms with Crippen molar-refractivity contribution in [1.82, 2.24) is 35.9 Å². The number of rotatable bonds is 16. The summed E-state index contributed by atoms with van der Waals surface area (Å²) in [6.45, 7) is 0. The fourth-order valence-corrected chi connectivity index (χ4v) is 3.98. The number of nitrogens with two attached hydrogens (primary N) is 1. The van der Waals surface area contributed by atoms with Crippen molar-refractivity contribution in [2.24, 2.45) is 5.73 Å². The molecular weight excluding hydrogens is 552 g/mol. The third-order valence-corrected chi connectivity index (χ3v) is 6.21. The lowest BCUT2D eigenvalue weighted by Gasteiger charge is -2.25. The SMILES string of the molecule is NC(Cc1cnc[nH]1)C(=O)NC(Cc1cnc[nH]1)C(=O)NC(CCC(=O)O)C(=O)NC(Cc1ccc(O)cc1)C(=O)O. The Hall–Kier alpha value is -5.25. The summed E-state index contributed by atoms with van der Waals surface area (Å²) in [5, 5.41) is 35.6. The molecule has 10 N–H and O–H groups in total. The van der Waals surface area contributed by atoms with E-state index in [9.17, 15) is 39.3 Å². The summed E-state index contributed by atoms with van der Waals surface area (Å²) in [6.07, 6.45) is 4.75. The molecule has 3 rings (SSSR count). The van der Waals surface area contributed by atoms with Gasteiger partial charge in [-0.2, -0.15) is 0 Å². The van der Waals surface area contributed by atoms with Crippen LogP contribution in [0.3, 0.4) is 0 Å². The number of aromatic nitrogens is 4. The van der Waals surface area contributed by atoms with Gasteiger partial charge in [-0.1, -0.05) is 12.1 Å². The number of carboxylic acids is 2. The van der Waals surface area contributed by atoms with E-state index in [4.69, 9.17) is 5.73 Å². The summed E-state index contributed by atoms with van der Waals surface area (Å²) < 4.78 is 0. The van der Waals surface area contributed by atoms with Crippen LogP contribution in [-0.2, 0) is 43.2 Å². The second-order valence-electron chi connectivity index (χ2n) is 9.49. The average Bonchev–Trinajstić information content (AvgIpc) is 3.65. The zero-order valence-electron chi connectivity index (χ0n) is 22.3. The predicted octanol–water partition coefficient (Wildman–Crippen LogP) is -1.40. The predicted molar refractivity (Wildman–Crippen MR) is 145 cm³/mol. The molecule has 4 unspecified atom stereocenters. The number of hydrogen-bond donors (Lipinski definition) is 9. The molecule has 0 fully saturated rings. The van der Waals surface area contributed by atoms with E-state index in [2.05, 4.69) is 35.9 Å². The molecule has 0 bridgehead atoms. The van der Waals surface area contributed by atoms with Crippen LogP contribution in [0.5, 0.6) is 5.75 Å². The Balaban J connectivity index is 1.74. The van der Waals surface area contributed by atoms with Crippen molar-refractivity contribution in [3.8, 4) is 5.75 Å². The molecule has 2 heterocycles. The fraction of sp³-hybridized carbons (Fsp3) is 0.346. The molecule has 3 aromatic rings. The lowest BCUT2D eigenvalue weighted by atomic mass is 10.0. The van der Waals surface area contributed by atoms with Crippen LogP contribution in [-0.4, -0.2) is 89.1 Å². The molecule has 16 heteroatoms. The molecular formula is C26H32N8O8. The molecule has 4 atom stereocenters. The van der Waals surface area contributed by atoms with Gasteiger partial charge in [-0.25, -0.2) is 14.8 Å². The van der Waals surface area contributed by atoms with Crippen LogP contribution in [0.15, 0.2) is 49.3 Å². The molecule has 0 saturated carbocycles. The Morgan fingerprint density at radius 2 is 1.31 bits per heavy atom. The van der Waals surface area contributed by atoms with Crippen molar-refractivity contribution < 1.29 is 39.3 Å². The van der Waals surface area contributed by atoms with Crippen molar-refractivity contribution in [2.75, 3.05) is 0 Å². The molecule has 0 aliphatic heterocycles. The van der Waals surface area contributed by atoms with Gasteiger partial charge >= 0.3 is 11.9 Å². The van der Waals surface area contributed by atoms with Crippen LogP contribution in [0.4, 0.5) is 0 Å². The second kappa shape index (κ2) is 14.9. The molecule has 0 saturated heterocycles. The standard InChI is InChI=1S/C26H32N8O8/c27-18(8-15-10-28-12-30-15)23(38)33-20(9-16-11-29-13-31-16)25(40)32-19(5-6-22(36)37)24(39)34-21(26(41)42)7-14-1-3-17(35)4-2-14/h1-4,10-13,18-21,35H,5-9,27H2,(H,28,30)(H,29,31)(H,32,40)(H,33,38)(H,34,39)(H,36,37)(H,41,42). The molecule has 0 aliphatic carbocycles. The highest BCUT2D eigenvalue weighted by Gasteiger charge is 2.31. The number of imidazole rings is 2. The Morgan fingerprint density at radius 3 is 1.86 bits per heavy atom. The summed E-state index contributed by atoms with van der Waals surface area (Å²) in [5.41, 5.74) is 7.58. The lowest BCUT2D eigenvalue weighted by Crippen LogP contribution is -2.58. The van der Waals surface area contributed by atoms with Gasteiger partial charge < -0.3 is 47.0 Å². The molecule has 0 spiro atoms. The minimum Gasteiger partial charge on any atom is -0.508 e. The molecule has 1 aromatic carbocycles. The average molecular weight is 585 g/mol. The summed E-state index contributed by atoms with van der Waals surface area (Å²) >= 11 is 0. The van der Waals surface area contributed by atoms with Crippen LogP contribution in [0.25, 0.3) is 0 Å². The number of phenolic OH excluding ortho intramolecular Hbond substituents is 1. The number of carbonyl (C=O) groups is 5. The van der Waals surface area contributed by atoms with Gasteiger partial charge in [0.25, 0.3) is 0 Å². The molecule has 42 heavy (non-hydrogen) atoms. The first-order chi connectivity index (χ1) is 20.0. The third-order valence-electron chi connectivity index (χ3n) is 6.21. The van der Waals surface area contributed by atoms with Crippen LogP contribution < -0.4 is 21.7 Å². The number of aliphatic carboxylic acids is 2. The Kier molecular flexibility index (Phi) is 11.1. The van der Waals surface area contributed by atoms with E-state index in [1.165, 1.54) is 49.3 Å². The number of H-pyrrole nitrogens is 2. The van der Waals surface area contributed by atoms with Gasteiger partial charge in [0.15, 0.2) is 0 Å². The number of aromatic hydroxyl groups is 1. The number of nitrogens with zero attached hydrogens (tertiary/aromatic N) is 2. The van der Waals surface area contributed by atoms with E-state index in [-0.39, 0.29) is 31.4 Å². The Labute approximate surface area is 239 Å². The van der Waals surface area contributed by atoms with Crippen LogP contribution in [0.2, 0.25) is 0 Å². The maximum atomic E-state index is 13.4. The molecule has 0 aliphatic rings. The number of carbonyl (C=O) groups excluding carboxylic acids is 3. The molecule has 224 valence electrons. The summed E-state index contributed by atoms with van der Waals surface area (Å²) in [6, 6.07) is 0.523. The van der Waals surface area contributed by atoms with E-state index in [1.807, 2.05) is 0 Å². The summed E-state index contributed by atoms with van der Waals surface area (Å²) in [5.74, 6) is -5.06. The highest BCUT2D eigenvalue weighted by Crippen LogP contribution is 2.12. The van der Waals surface area contributed by atoms with Gasteiger partial charge in [0, 0.05) is 49.5 Å². The highest BCUT2D eigenvalue weighted by atomic mass is 16.4. The molecule has 3 amide bonds. The van der Waals surface area contributed by atoms with Crippen molar-refractivity contribution >= 4 is 29.7 Å². The first-order valence-electron chi connectivity index (χ1n) is 12.9. The molecule has 16 nitrogen and oxygen atoms in total. The van der Waals surface area contributed by atoms with Gasteiger partial charge in [0.05, 0.1) is 18.7 Å². The first-order valence-corrected chi connectivity index (χ1v) is 12.9. The minimum absolute atomic E-state index is 0.0230. The number of amides is 3. The number of nitrogens with one attached hydrogen (secondary N) is 5. The molecule has 0 radical (unpaired) electrons. The van der Waals surface area contributed by atoms with E-state index in [0.29, 0.717) is 17.0 Å². The number of benzene rings is 1. The number of aromatic amines is 2. The van der Waals surface area contributed by atoms with Crippen LogP contribution in [0.1, 0.15) is 29.8 Å². The van der Waals surface area contributed by atoms with Crippen molar-refractivity contribution in [1.29, 1.82) is 0 Å². The number of carboxylic acid groups (broad SMARTS) is 2. The van der Waals surface area contributed by atoms with Crippen molar-refractivity contribution in [3.05, 3.63) is 66.3 Å². The lowest BCUT2D eigenvalue weighted by molar-refractivity contribution is -0.143. The van der Waals surface area contributed by atoms with Gasteiger partial charge in [-0.15, -0.1) is 0 Å². The number of hydrogen-bond acceptors (Lipinski definition) is 9. The summed E-state index contributed by atoms with van der Waals surface area (Å²) in [4.78, 5) is 75.9. The Morgan fingerprint density at radius 1 is 0.762 bits per heavy atom. The molecule has 2 aromatic heterocycles. The van der Waals surface area contributed by atoms with Crippen LogP contribution in [0, 0.1) is 0 Å². The third kappa shape index (κ3) is 9.74. The normalized spacial score (nSPS) is 13.7. The monoisotopic (exact) mass is 584 g/mol. The van der Waals surface area contributed by atoms with Gasteiger partial charge in [0.1, 0.15) is 23.9 Å². The maximum Gasteiger partial charge on any atom is 0.326 e. The fourth-order valence-electron chi connectivity index (χ4n) is 3.98. The van der Waals surface area contributed by atoms with Gasteiger partial charge in [-0.3, -0.25) is 19.2 Å². The van der Waals surface area contributed by atoms with E-state index in [1.54, 1.807) is 0 Å². The summed E-state index contributed by atoms with van der Waals surface area (Å²) in [7, 11) is 0. The quantitative estimate of drug-likeness (QED) is 0.0944. The second-order valence-corrected chi connectivity index (χ2v) is 9.49. The van der Waals surface area contributed by atoms with E-state index in [0.717, 1.165) is 0 Å². The van der Waals surface area contributed by atoms with Crippen LogP contribution >= 0.6 is 0 Å². The van der Waals surface area contributed by atoms with E-state index < -0.39 is 60.2 Å². The Bertz CT molecular complexity index is 1350. The first kappa shape index (κ1) is 31.3.